The average Bonchev–Trinajstić information content (AvgIpc) is 2.76. The second-order valence-electron chi connectivity index (χ2n) is 7.65. The maximum absolute atomic E-state index is 13.0. The maximum Gasteiger partial charge on any atom is 0.256 e. The monoisotopic (exact) mass is 484 g/mol. The fraction of sp³-hybridized carbons (Fsp3) is 0.304. The molecular weight excluding hydrogens is 460 g/mol. The van der Waals surface area contributed by atoms with E-state index in [0.717, 1.165) is 37.2 Å². The number of piperazine rings is 1. The standard InChI is InChI=1S/C23H25BrN4O3/c1-27-9-11-28(12-10-27)13-14-31-20-8-3-2-7-19(20)25-23(30)17-15-21(29)26-22-16(17)5-4-6-18(22)24/h2-8,15H,9-14H2,1H3,(H,25,30)(H,26,29). The van der Waals surface area contributed by atoms with Crippen molar-refractivity contribution in [3.05, 3.63) is 68.9 Å². The zero-order valence-electron chi connectivity index (χ0n) is 17.4. The third-order valence-electron chi connectivity index (χ3n) is 5.47. The molecule has 1 aromatic heterocycles. The molecule has 4 rings (SSSR count). The summed E-state index contributed by atoms with van der Waals surface area (Å²) in [6.45, 7) is 5.56. The van der Waals surface area contributed by atoms with Crippen molar-refractivity contribution in [2.45, 2.75) is 0 Å². The third-order valence-corrected chi connectivity index (χ3v) is 6.13. The number of nitrogens with zero attached hydrogens (tertiary/aromatic N) is 2. The number of likely N-dealkylation sites (N-methyl/N-ethyl adjacent to an activating group) is 1. The van der Waals surface area contributed by atoms with Gasteiger partial charge in [0.05, 0.1) is 16.8 Å². The lowest BCUT2D eigenvalue weighted by atomic mass is 10.1. The molecule has 1 saturated heterocycles. The number of para-hydroxylation sites is 3. The van der Waals surface area contributed by atoms with Crippen LogP contribution in [0, 0.1) is 0 Å². The van der Waals surface area contributed by atoms with E-state index in [4.69, 9.17) is 4.74 Å². The van der Waals surface area contributed by atoms with Gasteiger partial charge in [-0.05, 0) is 41.2 Å². The molecule has 0 bridgehead atoms. The Morgan fingerprint density at radius 1 is 1.13 bits per heavy atom. The number of hydrogen-bond donors (Lipinski definition) is 2. The Balaban J connectivity index is 1.48. The van der Waals surface area contributed by atoms with E-state index in [9.17, 15) is 9.59 Å². The van der Waals surface area contributed by atoms with Gasteiger partial charge in [-0.1, -0.05) is 24.3 Å². The van der Waals surface area contributed by atoms with E-state index >= 15 is 0 Å². The number of H-pyrrole nitrogens is 1. The van der Waals surface area contributed by atoms with Gasteiger partial charge in [-0.2, -0.15) is 0 Å². The summed E-state index contributed by atoms with van der Waals surface area (Å²) >= 11 is 3.43. The highest BCUT2D eigenvalue weighted by Crippen LogP contribution is 2.27. The normalized spacial score (nSPS) is 15.2. The van der Waals surface area contributed by atoms with E-state index in [1.807, 2.05) is 36.4 Å². The Hall–Kier alpha value is -2.68. The first-order valence-corrected chi connectivity index (χ1v) is 11.1. The van der Waals surface area contributed by atoms with Gasteiger partial charge in [0.25, 0.3) is 5.91 Å². The Labute approximate surface area is 189 Å². The van der Waals surface area contributed by atoms with Crippen LogP contribution in [0.5, 0.6) is 5.75 Å². The van der Waals surface area contributed by atoms with Crippen LogP contribution in [-0.4, -0.2) is 67.1 Å². The quantitative estimate of drug-likeness (QED) is 0.561. The van der Waals surface area contributed by atoms with E-state index in [2.05, 4.69) is 43.1 Å². The molecule has 2 heterocycles. The Morgan fingerprint density at radius 2 is 1.90 bits per heavy atom. The smallest absolute Gasteiger partial charge is 0.256 e. The summed E-state index contributed by atoms with van der Waals surface area (Å²) in [7, 11) is 2.13. The topological polar surface area (TPSA) is 77.7 Å². The van der Waals surface area contributed by atoms with Gasteiger partial charge in [-0.3, -0.25) is 14.5 Å². The van der Waals surface area contributed by atoms with Gasteiger partial charge in [0, 0.05) is 48.6 Å². The maximum atomic E-state index is 13.0. The lowest BCUT2D eigenvalue weighted by Crippen LogP contribution is -2.45. The van der Waals surface area contributed by atoms with Gasteiger partial charge in [-0.25, -0.2) is 0 Å². The summed E-state index contributed by atoms with van der Waals surface area (Å²) in [5.74, 6) is 0.254. The summed E-state index contributed by atoms with van der Waals surface area (Å²) in [4.78, 5) is 32.6. The molecule has 8 heteroatoms. The van der Waals surface area contributed by atoms with Crippen molar-refractivity contribution in [1.29, 1.82) is 0 Å². The fourth-order valence-corrected chi connectivity index (χ4v) is 4.14. The lowest BCUT2D eigenvalue weighted by molar-refractivity contribution is 0.102. The minimum absolute atomic E-state index is 0.312. The second-order valence-corrected chi connectivity index (χ2v) is 8.51. The fourth-order valence-electron chi connectivity index (χ4n) is 3.67. The first-order chi connectivity index (χ1) is 15.0. The predicted octanol–water partition coefficient (Wildman–Crippen LogP) is 3.17. The molecule has 0 unspecified atom stereocenters. The summed E-state index contributed by atoms with van der Waals surface area (Å²) in [6.07, 6.45) is 0. The molecule has 2 N–H and O–H groups in total. The SMILES string of the molecule is CN1CCN(CCOc2ccccc2NC(=O)c2cc(=O)[nH]c3c(Br)cccc23)CC1. The molecule has 7 nitrogen and oxygen atoms in total. The third kappa shape index (κ3) is 5.15. The van der Waals surface area contributed by atoms with Crippen LogP contribution in [0.25, 0.3) is 10.9 Å². The van der Waals surface area contributed by atoms with Crippen LogP contribution in [0.4, 0.5) is 5.69 Å². The molecule has 0 aliphatic carbocycles. The van der Waals surface area contributed by atoms with Crippen molar-refractivity contribution < 1.29 is 9.53 Å². The number of amides is 1. The number of aromatic amines is 1. The Bertz CT molecular complexity index is 1140. The highest BCUT2D eigenvalue weighted by Gasteiger charge is 2.16. The van der Waals surface area contributed by atoms with Gasteiger partial charge in [0.1, 0.15) is 12.4 Å². The molecule has 1 amide bonds. The van der Waals surface area contributed by atoms with Gasteiger partial charge in [0.2, 0.25) is 5.56 Å². The molecule has 162 valence electrons. The van der Waals surface area contributed by atoms with Crippen LogP contribution >= 0.6 is 15.9 Å². The first kappa shape index (κ1) is 21.5. The largest absolute Gasteiger partial charge is 0.490 e. The highest BCUT2D eigenvalue weighted by atomic mass is 79.9. The van der Waals surface area contributed by atoms with Crippen molar-refractivity contribution in [1.82, 2.24) is 14.8 Å². The second kappa shape index (κ2) is 9.64. The number of halogens is 1. The molecule has 1 aliphatic heterocycles. The number of benzene rings is 2. The van der Waals surface area contributed by atoms with Crippen LogP contribution in [-0.2, 0) is 0 Å². The van der Waals surface area contributed by atoms with Crippen molar-refractivity contribution >= 4 is 38.4 Å². The lowest BCUT2D eigenvalue weighted by Gasteiger charge is -2.32. The number of fused-ring (bicyclic) bond motifs is 1. The summed E-state index contributed by atoms with van der Waals surface area (Å²) in [6, 6.07) is 14.1. The number of nitrogens with one attached hydrogen (secondary N) is 2. The van der Waals surface area contributed by atoms with Crippen molar-refractivity contribution in [2.75, 3.05) is 51.7 Å². The van der Waals surface area contributed by atoms with E-state index in [1.54, 1.807) is 6.07 Å². The van der Waals surface area contributed by atoms with Crippen molar-refractivity contribution in [3.8, 4) is 5.75 Å². The van der Waals surface area contributed by atoms with Crippen molar-refractivity contribution in [3.63, 3.8) is 0 Å². The van der Waals surface area contributed by atoms with E-state index in [1.165, 1.54) is 6.07 Å². The number of rotatable bonds is 6. The van der Waals surface area contributed by atoms with Gasteiger partial charge in [0.15, 0.2) is 0 Å². The molecule has 0 radical (unpaired) electrons. The Kier molecular flexibility index (Phi) is 6.70. The van der Waals surface area contributed by atoms with Crippen molar-refractivity contribution in [2.24, 2.45) is 0 Å². The van der Waals surface area contributed by atoms with Crippen LogP contribution in [0.15, 0.2) is 57.8 Å². The molecule has 1 aliphatic rings. The van der Waals surface area contributed by atoms with Gasteiger partial charge < -0.3 is 19.9 Å². The predicted molar refractivity (Wildman–Crippen MR) is 126 cm³/mol. The van der Waals surface area contributed by atoms with Crippen LogP contribution in [0.3, 0.4) is 0 Å². The number of pyridine rings is 1. The molecule has 3 aromatic rings. The van der Waals surface area contributed by atoms with Crippen LogP contribution in [0.1, 0.15) is 10.4 Å². The number of carbonyl (C=O) groups excluding carboxylic acids is 1. The number of hydrogen-bond acceptors (Lipinski definition) is 5. The number of aromatic nitrogens is 1. The van der Waals surface area contributed by atoms with E-state index < -0.39 is 0 Å². The first-order valence-electron chi connectivity index (χ1n) is 10.3. The molecule has 2 aromatic carbocycles. The molecule has 0 saturated carbocycles. The van der Waals surface area contributed by atoms with Gasteiger partial charge >= 0.3 is 0 Å². The molecule has 0 spiro atoms. The number of anilines is 1. The zero-order chi connectivity index (χ0) is 21.8. The number of ether oxygens (including phenoxy) is 1. The van der Waals surface area contributed by atoms with E-state index in [-0.39, 0.29) is 11.5 Å². The average molecular weight is 485 g/mol. The molecule has 31 heavy (non-hydrogen) atoms. The minimum Gasteiger partial charge on any atom is -0.490 e. The molecular formula is C23H25BrN4O3. The highest BCUT2D eigenvalue weighted by molar-refractivity contribution is 9.10. The summed E-state index contributed by atoms with van der Waals surface area (Å²) in [5.41, 5.74) is 1.15. The minimum atomic E-state index is -0.357. The number of carbonyl (C=O) groups is 1. The summed E-state index contributed by atoms with van der Waals surface area (Å²) in [5, 5.41) is 3.57. The van der Waals surface area contributed by atoms with Gasteiger partial charge in [-0.15, -0.1) is 0 Å². The van der Waals surface area contributed by atoms with E-state index in [0.29, 0.717) is 34.5 Å². The Morgan fingerprint density at radius 3 is 2.71 bits per heavy atom. The molecule has 1 fully saturated rings. The van der Waals surface area contributed by atoms with Crippen LogP contribution in [0.2, 0.25) is 0 Å². The molecule has 0 atom stereocenters. The summed E-state index contributed by atoms with van der Waals surface area (Å²) < 4.78 is 6.71. The van der Waals surface area contributed by atoms with Crippen LogP contribution < -0.4 is 15.6 Å². The zero-order valence-corrected chi connectivity index (χ0v) is 18.9.